The van der Waals surface area contributed by atoms with E-state index >= 15 is 0 Å². The van der Waals surface area contributed by atoms with Crippen LogP contribution in [-0.4, -0.2) is 32.3 Å². The van der Waals surface area contributed by atoms with Crippen molar-refractivity contribution in [1.82, 2.24) is 10.6 Å². The van der Waals surface area contributed by atoms with Crippen molar-refractivity contribution >= 4 is 0 Å². The summed E-state index contributed by atoms with van der Waals surface area (Å²) in [5.41, 5.74) is 1.34. The summed E-state index contributed by atoms with van der Waals surface area (Å²) in [7, 11) is 0. The summed E-state index contributed by atoms with van der Waals surface area (Å²) in [5, 5.41) is 6.90. The summed E-state index contributed by atoms with van der Waals surface area (Å²) in [5.74, 6) is 1.66. The average molecular weight is 248 g/mol. The minimum Gasteiger partial charge on any atom is -0.493 e. The van der Waals surface area contributed by atoms with Crippen LogP contribution in [0, 0.1) is 5.92 Å². The predicted octanol–water partition coefficient (Wildman–Crippen LogP) is 1.83. The third kappa shape index (κ3) is 4.00. The first kappa shape index (κ1) is 13.4. The van der Waals surface area contributed by atoms with Crippen molar-refractivity contribution in [2.75, 3.05) is 26.2 Å². The topological polar surface area (TPSA) is 33.3 Å². The second kappa shape index (κ2) is 6.76. The van der Waals surface area contributed by atoms with Gasteiger partial charge in [-0.1, -0.05) is 32.0 Å². The van der Waals surface area contributed by atoms with E-state index in [0.29, 0.717) is 12.0 Å². The van der Waals surface area contributed by atoms with Crippen LogP contribution in [0.15, 0.2) is 24.3 Å². The van der Waals surface area contributed by atoms with Crippen molar-refractivity contribution in [1.29, 1.82) is 0 Å². The van der Waals surface area contributed by atoms with Gasteiger partial charge in [0, 0.05) is 31.6 Å². The molecule has 1 aliphatic rings. The molecule has 1 aliphatic heterocycles. The largest absolute Gasteiger partial charge is 0.493 e. The maximum Gasteiger partial charge on any atom is 0.122 e. The number of nitrogens with one attached hydrogen (secondary N) is 2. The Kier molecular flexibility index (Phi) is 5.02. The fourth-order valence-electron chi connectivity index (χ4n) is 2.28. The zero-order valence-electron chi connectivity index (χ0n) is 11.4. The number of ether oxygens (including phenoxy) is 1. The fraction of sp³-hybridized carbons (Fsp3) is 0.600. The van der Waals surface area contributed by atoms with E-state index in [1.165, 1.54) is 5.56 Å². The van der Waals surface area contributed by atoms with E-state index in [1.807, 2.05) is 6.07 Å². The van der Waals surface area contributed by atoms with Crippen LogP contribution in [-0.2, 0) is 6.42 Å². The van der Waals surface area contributed by atoms with E-state index in [2.05, 4.69) is 42.7 Å². The van der Waals surface area contributed by atoms with Crippen LogP contribution in [0.2, 0.25) is 0 Å². The van der Waals surface area contributed by atoms with Gasteiger partial charge in [-0.3, -0.25) is 0 Å². The number of hydrogen-bond acceptors (Lipinski definition) is 3. The van der Waals surface area contributed by atoms with Gasteiger partial charge in [-0.25, -0.2) is 0 Å². The zero-order valence-corrected chi connectivity index (χ0v) is 11.4. The van der Waals surface area contributed by atoms with Crippen molar-refractivity contribution in [2.24, 2.45) is 5.92 Å². The van der Waals surface area contributed by atoms with Crippen molar-refractivity contribution in [3.8, 4) is 5.75 Å². The van der Waals surface area contributed by atoms with Crippen molar-refractivity contribution in [3.63, 3.8) is 0 Å². The van der Waals surface area contributed by atoms with Crippen LogP contribution in [0.5, 0.6) is 5.75 Å². The molecule has 0 fully saturated rings. The molecule has 2 rings (SSSR count). The van der Waals surface area contributed by atoms with Crippen molar-refractivity contribution in [3.05, 3.63) is 29.8 Å². The van der Waals surface area contributed by atoms with Gasteiger partial charge in [0.1, 0.15) is 5.75 Å². The molecule has 2 N–H and O–H groups in total. The molecule has 0 radical (unpaired) electrons. The molecule has 0 amide bonds. The third-order valence-electron chi connectivity index (χ3n) is 3.24. The lowest BCUT2D eigenvalue weighted by atomic mass is 9.97. The Balaban J connectivity index is 1.67. The molecular formula is C15H24N2O. The van der Waals surface area contributed by atoms with Crippen LogP contribution >= 0.6 is 0 Å². The summed E-state index contributed by atoms with van der Waals surface area (Å²) in [6, 6.07) is 8.92. The Morgan fingerprint density at radius 3 is 2.94 bits per heavy atom. The molecule has 1 atom stereocenters. The molecule has 0 saturated heterocycles. The lowest BCUT2D eigenvalue weighted by molar-refractivity contribution is 0.218. The van der Waals surface area contributed by atoms with Gasteiger partial charge in [-0.05, 0) is 18.1 Å². The third-order valence-corrected chi connectivity index (χ3v) is 3.24. The lowest BCUT2D eigenvalue weighted by Gasteiger charge is -2.25. The van der Waals surface area contributed by atoms with Crippen molar-refractivity contribution < 1.29 is 4.74 Å². The fourth-order valence-corrected chi connectivity index (χ4v) is 2.28. The quantitative estimate of drug-likeness (QED) is 0.754. The minimum absolute atomic E-state index is 0.566. The van der Waals surface area contributed by atoms with Gasteiger partial charge in [0.15, 0.2) is 0 Å². The molecule has 3 heteroatoms. The van der Waals surface area contributed by atoms with Gasteiger partial charge < -0.3 is 15.4 Å². The molecular weight excluding hydrogens is 224 g/mol. The first-order valence-electron chi connectivity index (χ1n) is 6.90. The highest BCUT2D eigenvalue weighted by molar-refractivity contribution is 5.35. The van der Waals surface area contributed by atoms with Crippen LogP contribution in [0.4, 0.5) is 0 Å². The molecule has 18 heavy (non-hydrogen) atoms. The molecule has 1 heterocycles. The highest BCUT2D eigenvalue weighted by atomic mass is 16.5. The standard InChI is InChI=1S/C15H24N2O/c1-12(2)17-8-7-16-10-13-9-14-5-3-4-6-15(14)18-11-13/h3-6,12-13,16-17H,7-11H2,1-2H3. The molecule has 0 aromatic heterocycles. The molecule has 0 bridgehead atoms. The molecule has 3 nitrogen and oxygen atoms in total. The van der Waals surface area contributed by atoms with Gasteiger partial charge in [0.05, 0.1) is 6.61 Å². The Morgan fingerprint density at radius 1 is 1.28 bits per heavy atom. The molecule has 1 unspecified atom stereocenters. The van der Waals surface area contributed by atoms with Crippen LogP contribution < -0.4 is 15.4 Å². The second-order valence-electron chi connectivity index (χ2n) is 5.30. The van der Waals surface area contributed by atoms with Gasteiger partial charge in [0.25, 0.3) is 0 Å². The SMILES string of the molecule is CC(C)NCCNCC1COc2ccccc2C1. The first-order chi connectivity index (χ1) is 8.75. The van der Waals surface area contributed by atoms with E-state index < -0.39 is 0 Å². The highest BCUT2D eigenvalue weighted by Gasteiger charge is 2.18. The molecule has 0 saturated carbocycles. The van der Waals surface area contributed by atoms with E-state index in [1.54, 1.807) is 0 Å². The van der Waals surface area contributed by atoms with Crippen LogP contribution in [0.25, 0.3) is 0 Å². The number of benzene rings is 1. The molecule has 0 spiro atoms. The van der Waals surface area contributed by atoms with Gasteiger partial charge >= 0.3 is 0 Å². The van der Waals surface area contributed by atoms with Crippen LogP contribution in [0.3, 0.4) is 0 Å². The smallest absolute Gasteiger partial charge is 0.122 e. The summed E-state index contributed by atoms with van der Waals surface area (Å²) in [4.78, 5) is 0. The summed E-state index contributed by atoms with van der Waals surface area (Å²) in [6.07, 6.45) is 1.13. The Hall–Kier alpha value is -1.06. The van der Waals surface area contributed by atoms with Gasteiger partial charge in [-0.15, -0.1) is 0 Å². The van der Waals surface area contributed by atoms with E-state index in [9.17, 15) is 0 Å². The Labute approximate surface area is 110 Å². The van der Waals surface area contributed by atoms with Gasteiger partial charge in [0.2, 0.25) is 0 Å². The molecule has 1 aromatic rings. The van der Waals surface area contributed by atoms with Gasteiger partial charge in [-0.2, -0.15) is 0 Å². The highest BCUT2D eigenvalue weighted by Crippen LogP contribution is 2.26. The summed E-state index contributed by atoms with van der Waals surface area (Å²) >= 11 is 0. The Morgan fingerprint density at radius 2 is 2.11 bits per heavy atom. The first-order valence-corrected chi connectivity index (χ1v) is 6.90. The Bertz CT molecular complexity index is 365. The average Bonchev–Trinajstić information content (AvgIpc) is 2.38. The monoisotopic (exact) mass is 248 g/mol. The van der Waals surface area contributed by atoms with E-state index in [4.69, 9.17) is 4.74 Å². The van der Waals surface area contributed by atoms with E-state index in [-0.39, 0.29) is 0 Å². The second-order valence-corrected chi connectivity index (χ2v) is 5.30. The normalized spacial score (nSPS) is 18.5. The lowest BCUT2D eigenvalue weighted by Crippen LogP contribution is -2.36. The maximum absolute atomic E-state index is 5.78. The molecule has 0 aliphatic carbocycles. The number of para-hydroxylation sites is 1. The summed E-state index contributed by atoms with van der Waals surface area (Å²) < 4.78 is 5.78. The molecule has 100 valence electrons. The maximum atomic E-state index is 5.78. The van der Waals surface area contributed by atoms with Crippen molar-refractivity contribution in [2.45, 2.75) is 26.3 Å². The zero-order chi connectivity index (χ0) is 12.8. The predicted molar refractivity (Wildman–Crippen MR) is 75.1 cm³/mol. The summed E-state index contributed by atoms with van der Waals surface area (Å²) in [6.45, 7) is 8.27. The molecule has 1 aromatic carbocycles. The number of rotatable bonds is 6. The number of hydrogen-bond donors (Lipinski definition) is 2. The van der Waals surface area contributed by atoms with E-state index in [0.717, 1.165) is 38.4 Å². The number of fused-ring (bicyclic) bond motifs is 1. The minimum atomic E-state index is 0.566. The van der Waals surface area contributed by atoms with Crippen LogP contribution in [0.1, 0.15) is 19.4 Å².